The van der Waals surface area contributed by atoms with Crippen molar-refractivity contribution >= 4 is 11.6 Å². The van der Waals surface area contributed by atoms with Crippen LogP contribution in [0.2, 0.25) is 0 Å². The van der Waals surface area contributed by atoms with Crippen molar-refractivity contribution < 1.29 is 14.3 Å². The molecule has 6 nitrogen and oxygen atoms in total. The first-order chi connectivity index (χ1) is 12.6. The van der Waals surface area contributed by atoms with Crippen molar-refractivity contribution in [3.8, 4) is 17.4 Å². The van der Waals surface area contributed by atoms with Gasteiger partial charge in [0.25, 0.3) is 0 Å². The molecular weight excluding hydrogens is 330 g/mol. The lowest BCUT2D eigenvalue weighted by Gasteiger charge is -2.33. The van der Waals surface area contributed by atoms with Crippen molar-refractivity contribution in [1.82, 2.24) is 9.97 Å². The fourth-order valence-corrected chi connectivity index (χ4v) is 3.22. The molecule has 1 aromatic heterocycles. The van der Waals surface area contributed by atoms with Crippen molar-refractivity contribution in [2.75, 3.05) is 25.1 Å². The molecule has 1 fully saturated rings. The summed E-state index contributed by atoms with van der Waals surface area (Å²) >= 11 is 0. The van der Waals surface area contributed by atoms with E-state index in [9.17, 15) is 4.79 Å². The predicted molar refractivity (Wildman–Crippen MR) is 100.0 cm³/mol. The van der Waals surface area contributed by atoms with Gasteiger partial charge in [-0.3, -0.25) is 4.98 Å². The SMILES string of the molecule is COc1ccc(Oc2cncc(N3CCCC(CCC(C)=O)C3)n2)cc1. The monoisotopic (exact) mass is 355 g/mol. The number of benzene rings is 1. The Labute approximate surface area is 154 Å². The van der Waals surface area contributed by atoms with E-state index in [1.165, 1.54) is 6.42 Å². The minimum atomic E-state index is 0.261. The minimum Gasteiger partial charge on any atom is -0.497 e. The molecule has 3 rings (SSSR count). The van der Waals surface area contributed by atoms with Gasteiger partial charge in [0.2, 0.25) is 5.88 Å². The summed E-state index contributed by atoms with van der Waals surface area (Å²) in [5.41, 5.74) is 0. The highest BCUT2D eigenvalue weighted by atomic mass is 16.5. The number of carbonyl (C=O) groups is 1. The molecule has 2 heterocycles. The highest BCUT2D eigenvalue weighted by molar-refractivity contribution is 5.75. The first-order valence-electron chi connectivity index (χ1n) is 9.02. The number of anilines is 1. The van der Waals surface area contributed by atoms with Crippen molar-refractivity contribution in [2.45, 2.75) is 32.6 Å². The molecule has 0 spiro atoms. The summed E-state index contributed by atoms with van der Waals surface area (Å²) in [6, 6.07) is 7.37. The van der Waals surface area contributed by atoms with Gasteiger partial charge in [-0.2, -0.15) is 4.98 Å². The summed E-state index contributed by atoms with van der Waals surface area (Å²) < 4.78 is 11.0. The lowest BCUT2D eigenvalue weighted by molar-refractivity contribution is -0.117. The Balaban J connectivity index is 1.65. The van der Waals surface area contributed by atoms with Gasteiger partial charge in [-0.15, -0.1) is 0 Å². The second-order valence-electron chi connectivity index (χ2n) is 6.69. The summed E-state index contributed by atoms with van der Waals surface area (Å²) in [6.07, 6.45) is 7.26. The van der Waals surface area contributed by atoms with E-state index in [0.717, 1.165) is 37.5 Å². The molecule has 0 bridgehead atoms. The van der Waals surface area contributed by atoms with E-state index in [4.69, 9.17) is 9.47 Å². The molecule has 1 saturated heterocycles. The molecule has 26 heavy (non-hydrogen) atoms. The fourth-order valence-electron chi connectivity index (χ4n) is 3.22. The third kappa shape index (κ3) is 4.94. The molecule has 0 radical (unpaired) electrons. The number of ketones is 1. The Kier molecular flexibility index (Phi) is 6.04. The zero-order valence-electron chi connectivity index (χ0n) is 15.4. The predicted octanol–water partition coefficient (Wildman–Crippen LogP) is 3.86. The number of methoxy groups -OCH3 is 1. The molecule has 0 amide bonds. The van der Waals surface area contributed by atoms with Gasteiger partial charge in [0, 0.05) is 19.5 Å². The van der Waals surface area contributed by atoms with E-state index in [-0.39, 0.29) is 5.78 Å². The molecule has 0 N–H and O–H groups in total. The van der Waals surface area contributed by atoms with Crippen LogP contribution in [-0.2, 0) is 4.79 Å². The highest BCUT2D eigenvalue weighted by Gasteiger charge is 2.21. The van der Waals surface area contributed by atoms with Gasteiger partial charge < -0.3 is 19.2 Å². The molecule has 1 aliphatic heterocycles. The van der Waals surface area contributed by atoms with Crippen LogP contribution >= 0.6 is 0 Å². The maximum atomic E-state index is 11.2. The number of aromatic nitrogens is 2. The van der Waals surface area contributed by atoms with Crippen LogP contribution in [0.15, 0.2) is 36.7 Å². The number of Topliss-reactive ketones (excluding diaryl/α,β-unsaturated/α-hetero) is 1. The Bertz CT molecular complexity index is 733. The third-order valence-electron chi connectivity index (χ3n) is 4.63. The molecule has 1 unspecified atom stereocenters. The molecule has 0 saturated carbocycles. The second-order valence-corrected chi connectivity index (χ2v) is 6.69. The van der Waals surface area contributed by atoms with Crippen LogP contribution in [0.25, 0.3) is 0 Å². The fraction of sp³-hybridized carbons (Fsp3) is 0.450. The quantitative estimate of drug-likeness (QED) is 0.751. The molecule has 1 atom stereocenters. The number of hydrogen-bond acceptors (Lipinski definition) is 6. The van der Waals surface area contributed by atoms with Crippen LogP contribution in [-0.4, -0.2) is 36.0 Å². The number of carbonyl (C=O) groups excluding carboxylic acids is 1. The molecule has 1 aromatic carbocycles. The number of piperidine rings is 1. The van der Waals surface area contributed by atoms with Crippen LogP contribution in [0.5, 0.6) is 17.4 Å². The highest BCUT2D eigenvalue weighted by Crippen LogP contribution is 2.27. The van der Waals surface area contributed by atoms with Gasteiger partial charge in [0.15, 0.2) is 5.82 Å². The summed E-state index contributed by atoms with van der Waals surface area (Å²) in [5, 5.41) is 0. The molecule has 6 heteroatoms. The normalized spacial score (nSPS) is 17.0. The topological polar surface area (TPSA) is 64.6 Å². The average molecular weight is 355 g/mol. The third-order valence-corrected chi connectivity index (χ3v) is 4.63. The van der Waals surface area contributed by atoms with Gasteiger partial charge in [-0.1, -0.05) is 0 Å². The number of hydrogen-bond donors (Lipinski definition) is 0. The number of nitrogens with zero attached hydrogens (tertiary/aromatic N) is 3. The minimum absolute atomic E-state index is 0.261. The van der Waals surface area contributed by atoms with Crippen LogP contribution in [0.3, 0.4) is 0 Å². The summed E-state index contributed by atoms with van der Waals surface area (Å²) in [7, 11) is 1.63. The first-order valence-corrected chi connectivity index (χ1v) is 9.02. The maximum absolute atomic E-state index is 11.2. The van der Waals surface area contributed by atoms with E-state index >= 15 is 0 Å². The average Bonchev–Trinajstić information content (AvgIpc) is 2.67. The summed E-state index contributed by atoms with van der Waals surface area (Å²) in [5.74, 6) is 3.55. The lowest BCUT2D eigenvalue weighted by Crippen LogP contribution is -2.36. The number of rotatable bonds is 7. The zero-order chi connectivity index (χ0) is 18.4. The molecule has 138 valence electrons. The van der Waals surface area contributed by atoms with E-state index in [2.05, 4.69) is 14.9 Å². The van der Waals surface area contributed by atoms with Gasteiger partial charge >= 0.3 is 0 Å². The summed E-state index contributed by atoms with van der Waals surface area (Å²) in [6.45, 7) is 3.53. The van der Waals surface area contributed by atoms with Gasteiger partial charge in [-0.25, -0.2) is 0 Å². The largest absolute Gasteiger partial charge is 0.497 e. The van der Waals surface area contributed by atoms with Gasteiger partial charge in [0.05, 0.1) is 19.5 Å². The Morgan fingerprint density at radius 1 is 1.23 bits per heavy atom. The Morgan fingerprint density at radius 2 is 2.00 bits per heavy atom. The molecule has 2 aromatic rings. The smallest absolute Gasteiger partial charge is 0.239 e. The van der Waals surface area contributed by atoms with Gasteiger partial charge in [-0.05, 0) is 56.4 Å². The Hall–Kier alpha value is -2.63. The Morgan fingerprint density at radius 3 is 2.73 bits per heavy atom. The van der Waals surface area contributed by atoms with E-state index in [0.29, 0.717) is 24.0 Å². The zero-order valence-corrected chi connectivity index (χ0v) is 15.4. The van der Waals surface area contributed by atoms with Crippen molar-refractivity contribution in [3.63, 3.8) is 0 Å². The van der Waals surface area contributed by atoms with E-state index in [1.807, 2.05) is 24.3 Å². The van der Waals surface area contributed by atoms with Crippen LogP contribution < -0.4 is 14.4 Å². The van der Waals surface area contributed by atoms with E-state index < -0.39 is 0 Å². The number of ether oxygens (including phenoxy) is 2. The first kappa shape index (κ1) is 18.2. The lowest BCUT2D eigenvalue weighted by atomic mass is 9.93. The van der Waals surface area contributed by atoms with Gasteiger partial charge in [0.1, 0.15) is 17.3 Å². The van der Waals surface area contributed by atoms with Crippen LogP contribution in [0, 0.1) is 5.92 Å². The molecule has 1 aliphatic rings. The molecular formula is C20H25N3O3. The summed E-state index contributed by atoms with van der Waals surface area (Å²) in [4.78, 5) is 22.4. The maximum Gasteiger partial charge on any atom is 0.239 e. The standard InChI is InChI=1S/C20H25N3O3/c1-15(24)5-6-16-4-3-11-23(14-16)19-12-21-13-20(22-19)26-18-9-7-17(25-2)8-10-18/h7-10,12-13,16H,3-6,11,14H2,1-2H3. The van der Waals surface area contributed by atoms with Crippen LogP contribution in [0.1, 0.15) is 32.6 Å². The van der Waals surface area contributed by atoms with E-state index in [1.54, 1.807) is 26.4 Å². The van der Waals surface area contributed by atoms with Crippen molar-refractivity contribution in [1.29, 1.82) is 0 Å². The van der Waals surface area contributed by atoms with Crippen LogP contribution in [0.4, 0.5) is 5.82 Å². The second kappa shape index (κ2) is 8.65. The molecule has 0 aliphatic carbocycles. The van der Waals surface area contributed by atoms with Crippen molar-refractivity contribution in [2.24, 2.45) is 5.92 Å². The van der Waals surface area contributed by atoms with Crippen molar-refractivity contribution in [3.05, 3.63) is 36.7 Å².